The first-order valence-corrected chi connectivity index (χ1v) is 6.50. The van der Waals surface area contributed by atoms with Gasteiger partial charge in [-0.2, -0.15) is 0 Å². The SMILES string of the molecule is Cc1cc(C)c(NCc2ccc(O)cn2)c(Br)c1. The van der Waals surface area contributed by atoms with Crippen molar-refractivity contribution >= 4 is 21.6 Å². The largest absolute Gasteiger partial charge is 0.506 e. The smallest absolute Gasteiger partial charge is 0.133 e. The number of aromatic hydroxyl groups is 1. The molecule has 2 rings (SSSR count). The Morgan fingerprint density at radius 3 is 2.67 bits per heavy atom. The zero-order valence-corrected chi connectivity index (χ0v) is 12.0. The second kappa shape index (κ2) is 5.40. The van der Waals surface area contributed by atoms with E-state index in [0.29, 0.717) is 6.54 Å². The maximum Gasteiger partial charge on any atom is 0.133 e. The van der Waals surface area contributed by atoms with Gasteiger partial charge in [-0.25, -0.2) is 0 Å². The van der Waals surface area contributed by atoms with E-state index >= 15 is 0 Å². The summed E-state index contributed by atoms with van der Waals surface area (Å²) in [6, 6.07) is 7.66. The molecule has 94 valence electrons. The zero-order chi connectivity index (χ0) is 13.1. The van der Waals surface area contributed by atoms with E-state index in [2.05, 4.69) is 52.2 Å². The number of halogens is 1. The van der Waals surface area contributed by atoms with Gasteiger partial charge >= 0.3 is 0 Å². The number of anilines is 1. The molecule has 2 N–H and O–H groups in total. The highest BCUT2D eigenvalue weighted by molar-refractivity contribution is 9.10. The maximum atomic E-state index is 9.17. The van der Waals surface area contributed by atoms with Crippen LogP contribution in [0.5, 0.6) is 5.75 Å². The Labute approximate surface area is 115 Å². The molecule has 0 atom stereocenters. The highest BCUT2D eigenvalue weighted by Gasteiger charge is 2.05. The molecule has 0 aliphatic heterocycles. The average molecular weight is 307 g/mol. The van der Waals surface area contributed by atoms with E-state index in [1.54, 1.807) is 12.1 Å². The molecule has 0 unspecified atom stereocenters. The van der Waals surface area contributed by atoms with E-state index in [-0.39, 0.29) is 5.75 Å². The Balaban J connectivity index is 2.13. The Morgan fingerprint density at radius 2 is 2.06 bits per heavy atom. The van der Waals surface area contributed by atoms with Crippen LogP contribution in [0.1, 0.15) is 16.8 Å². The topological polar surface area (TPSA) is 45.1 Å². The highest BCUT2D eigenvalue weighted by Crippen LogP contribution is 2.28. The second-order valence-electron chi connectivity index (χ2n) is 4.30. The molecule has 0 saturated heterocycles. The number of aromatic nitrogens is 1. The van der Waals surface area contributed by atoms with Crippen LogP contribution in [0.4, 0.5) is 5.69 Å². The monoisotopic (exact) mass is 306 g/mol. The number of aryl methyl sites for hydroxylation is 2. The molecule has 0 fully saturated rings. The number of hydrogen-bond donors (Lipinski definition) is 2. The predicted molar refractivity (Wildman–Crippen MR) is 76.8 cm³/mol. The number of hydrogen-bond acceptors (Lipinski definition) is 3. The third kappa shape index (κ3) is 3.01. The first-order chi connectivity index (χ1) is 8.56. The second-order valence-corrected chi connectivity index (χ2v) is 5.15. The summed E-state index contributed by atoms with van der Waals surface area (Å²) in [4.78, 5) is 4.14. The summed E-state index contributed by atoms with van der Waals surface area (Å²) >= 11 is 3.56. The molecule has 1 heterocycles. The lowest BCUT2D eigenvalue weighted by Gasteiger charge is -2.12. The van der Waals surface area contributed by atoms with Crippen molar-refractivity contribution in [3.63, 3.8) is 0 Å². The van der Waals surface area contributed by atoms with Crippen molar-refractivity contribution < 1.29 is 5.11 Å². The molecule has 2 aromatic rings. The number of benzene rings is 1. The van der Waals surface area contributed by atoms with Gasteiger partial charge in [-0.1, -0.05) is 6.07 Å². The van der Waals surface area contributed by atoms with Gasteiger partial charge < -0.3 is 10.4 Å². The number of nitrogens with one attached hydrogen (secondary N) is 1. The summed E-state index contributed by atoms with van der Waals surface area (Å²) in [5.41, 5.74) is 4.39. The van der Waals surface area contributed by atoms with E-state index in [1.165, 1.54) is 17.3 Å². The van der Waals surface area contributed by atoms with Crippen LogP contribution in [-0.2, 0) is 6.54 Å². The summed E-state index contributed by atoms with van der Waals surface area (Å²) in [6.07, 6.45) is 1.45. The van der Waals surface area contributed by atoms with Gasteiger partial charge in [-0.3, -0.25) is 4.98 Å². The van der Waals surface area contributed by atoms with Crippen molar-refractivity contribution in [1.29, 1.82) is 0 Å². The first kappa shape index (κ1) is 12.9. The summed E-state index contributed by atoms with van der Waals surface area (Å²) in [5, 5.41) is 12.5. The Hall–Kier alpha value is -1.55. The Morgan fingerprint density at radius 1 is 1.28 bits per heavy atom. The van der Waals surface area contributed by atoms with Crippen molar-refractivity contribution in [2.24, 2.45) is 0 Å². The molecule has 0 spiro atoms. The van der Waals surface area contributed by atoms with Gasteiger partial charge in [0, 0.05) is 4.47 Å². The quantitative estimate of drug-likeness (QED) is 0.907. The molecule has 0 saturated carbocycles. The lowest BCUT2D eigenvalue weighted by Crippen LogP contribution is -2.03. The Kier molecular flexibility index (Phi) is 3.87. The van der Waals surface area contributed by atoms with E-state index in [9.17, 15) is 5.11 Å². The van der Waals surface area contributed by atoms with Gasteiger partial charge in [-0.05, 0) is 59.1 Å². The minimum Gasteiger partial charge on any atom is -0.506 e. The van der Waals surface area contributed by atoms with Crippen molar-refractivity contribution in [3.8, 4) is 5.75 Å². The molecule has 0 bridgehead atoms. The van der Waals surface area contributed by atoms with Crippen molar-refractivity contribution in [2.45, 2.75) is 20.4 Å². The van der Waals surface area contributed by atoms with Crippen LogP contribution < -0.4 is 5.32 Å². The zero-order valence-electron chi connectivity index (χ0n) is 10.4. The molecule has 0 aliphatic carbocycles. The third-order valence-electron chi connectivity index (χ3n) is 2.69. The van der Waals surface area contributed by atoms with Crippen molar-refractivity contribution in [1.82, 2.24) is 4.98 Å². The standard InChI is InChI=1S/C14H15BrN2O/c1-9-5-10(2)14(13(15)6-9)17-7-11-3-4-12(18)8-16-11/h3-6,8,17-18H,7H2,1-2H3. The van der Waals surface area contributed by atoms with Gasteiger partial charge in [-0.15, -0.1) is 0 Å². The summed E-state index contributed by atoms with van der Waals surface area (Å²) in [7, 11) is 0. The lowest BCUT2D eigenvalue weighted by molar-refractivity contribution is 0.472. The summed E-state index contributed by atoms with van der Waals surface area (Å²) in [6.45, 7) is 4.77. The minimum atomic E-state index is 0.187. The maximum absolute atomic E-state index is 9.17. The molecule has 0 radical (unpaired) electrons. The van der Waals surface area contributed by atoms with Crippen LogP contribution in [0.3, 0.4) is 0 Å². The van der Waals surface area contributed by atoms with E-state index in [4.69, 9.17) is 0 Å². The van der Waals surface area contributed by atoms with Gasteiger partial charge in [0.1, 0.15) is 5.75 Å². The van der Waals surface area contributed by atoms with Crippen molar-refractivity contribution in [2.75, 3.05) is 5.32 Å². The molecular weight excluding hydrogens is 292 g/mol. The molecule has 3 nitrogen and oxygen atoms in total. The highest BCUT2D eigenvalue weighted by atomic mass is 79.9. The molecule has 1 aromatic heterocycles. The normalized spacial score (nSPS) is 10.4. The molecule has 1 aromatic carbocycles. The van der Waals surface area contributed by atoms with Crippen LogP contribution in [0.25, 0.3) is 0 Å². The van der Waals surface area contributed by atoms with Crippen LogP contribution in [0.2, 0.25) is 0 Å². The minimum absolute atomic E-state index is 0.187. The fourth-order valence-corrected chi connectivity index (χ4v) is 2.65. The van der Waals surface area contributed by atoms with Crippen LogP contribution >= 0.6 is 15.9 Å². The summed E-state index contributed by atoms with van der Waals surface area (Å²) in [5.74, 6) is 0.187. The van der Waals surface area contributed by atoms with Gasteiger partial charge in [0.15, 0.2) is 0 Å². The molecule has 0 amide bonds. The summed E-state index contributed by atoms with van der Waals surface area (Å²) < 4.78 is 1.05. The van der Waals surface area contributed by atoms with E-state index < -0.39 is 0 Å². The number of pyridine rings is 1. The molecule has 0 aliphatic rings. The van der Waals surface area contributed by atoms with Crippen LogP contribution in [0, 0.1) is 13.8 Å². The van der Waals surface area contributed by atoms with Gasteiger partial charge in [0.05, 0.1) is 24.1 Å². The molecule has 4 heteroatoms. The first-order valence-electron chi connectivity index (χ1n) is 5.71. The number of rotatable bonds is 3. The van der Waals surface area contributed by atoms with E-state index in [0.717, 1.165) is 15.9 Å². The average Bonchev–Trinajstić information content (AvgIpc) is 2.30. The fraction of sp³-hybridized carbons (Fsp3) is 0.214. The van der Waals surface area contributed by atoms with Crippen molar-refractivity contribution in [3.05, 3.63) is 51.8 Å². The number of nitrogens with zero attached hydrogens (tertiary/aromatic N) is 1. The van der Waals surface area contributed by atoms with Gasteiger partial charge in [0.25, 0.3) is 0 Å². The third-order valence-corrected chi connectivity index (χ3v) is 3.31. The Bertz CT molecular complexity index is 529. The lowest BCUT2D eigenvalue weighted by atomic mass is 10.1. The molecular formula is C14H15BrN2O. The van der Waals surface area contributed by atoms with E-state index in [1.807, 2.05) is 0 Å². The fourth-order valence-electron chi connectivity index (χ4n) is 1.84. The van der Waals surface area contributed by atoms with Crippen LogP contribution in [-0.4, -0.2) is 10.1 Å². The molecule has 18 heavy (non-hydrogen) atoms. The predicted octanol–water partition coefficient (Wildman–Crippen LogP) is 3.78. The van der Waals surface area contributed by atoms with Crippen LogP contribution in [0.15, 0.2) is 34.9 Å². The van der Waals surface area contributed by atoms with Gasteiger partial charge in [0.2, 0.25) is 0 Å².